The van der Waals surface area contributed by atoms with E-state index in [1.165, 1.54) is 31.2 Å². The first kappa shape index (κ1) is 14.3. The van der Waals surface area contributed by atoms with E-state index in [0.29, 0.717) is 11.7 Å². The molecule has 2 bridgehead atoms. The zero-order valence-electron chi connectivity index (χ0n) is 13.1. The second-order valence-corrected chi connectivity index (χ2v) is 6.73. The van der Waals surface area contributed by atoms with Crippen molar-refractivity contribution in [1.82, 2.24) is 0 Å². The summed E-state index contributed by atoms with van der Waals surface area (Å²) in [6.07, 6.45) is 4.99. The Kier molecular flexibility index (Phi) is 3.78. The summed E-state index contributed by atoms with van der Waals surface area (Å²) in [4.78, 5) is 12.0. The highest BCUT2D eigenvalue weighted by Gasteiger charge is 2.40. The van der Waals surface area contributed by atoms with Gasteiger partial charge in [0.2, 0.25) is 0 Å². The number of para-hydroxylation sites is 1. The van der Waals surface area contributed by atoms with Crippen LogP contribution in [0.1, 0.15) is 37.2 Å². The summed E-state index contributed by atoms with van der Waals surface area (Å²) in [6.45, 7) is 0. The van der Waals surface area contributed by atoms with Gasteiger partial charge >= 0.3 is 6.09 Å². The monoisotopic (exact) mass is 307 g/mol. The standard InChI is InChI=1S/C20H21NO2/c22-20(21-17-6-2-1-3-7-17)23-18-8-4-5-15(13-18)19-12-14-9-10-16(19)11-14/h1-8,13-14,16,19H,9-12H2,(H,21,22)/t14-,16-,19-/m1/s1. The van der Waals surface area contributed by atoms with Crippen LogP contribution in [0.15, 0.2) is 54.6 Å². The molecular weight excluding hydrogens is 286 g/mol. The number of hydrogen-bond donors (Lipinski definition) is 1. The molecule has 23 heavy (non-hydrogen) atoms. The van der Waals surface area contributed by atoms with Crippen molar-refractivity contribution in [3.63, 3.8) is 0 Å². The minimum Gasteiger partial charge on any atom is -0.410 e. The Balaban J connectivity index is 1.43. The molecule has 0 saturated heterocycles. The Morgan fingerprint density at radius 1 is 1.00 bits per heavy atom. The number of hydrogen-bond acceptors (Lipinski definition) is 2. The average molecular weight is 307 g/mol. The maximum Gasteiger partial charge on any atom is 0.417 e. The second-order valence-electron chi connectivity index (χ2n) is 6.73. The predicted octanol–water partition coefficient (Wildman–Crippen LogP) is 5.20. The SMILES string of the molecule is O=C(Nc1ccccc1)Oc1cccc([C@H]2C[C@@H]3CC[C@@H]2C3)c1. The third kappa shape index (κ3) is 3.09. The van der Waals surface area contributed by atoms with Gasteiger partial charge < -0.3 is 4.74 Å². The maximum atomic E-state index is 12.0. The van der Waals surface area contributed by atoms with Crippen LogP contribution >= 0.6 is 0 Å². The summed E-state index contributed by atoms with van der Waals surface area (Å²) < 4.78 is 5.45. The lowest BCUT2D eigenvalue weighted by atomic mass is 9.83. The van der Waals surface area contributed by atoms with Crippen molar-refractivity contribution in [3.05, 3.63) is 60.2 Å². The number of ether oxygens (including phenoxy) is 1. The molecule has 2 aliphatic rings. The minimum absolute atomic E-state index is 0.443. The van der Waals surface area contributed by atoms with Crippen LogP contribution < -0.4 is 10.1 Å². The highest BCUT2D eigenvalue weighted by molar-refractivity contribution is 5.86. The Labute approximate surface area is 136 Å². The van der Waals surface area contributed by atoms with Crippen molar-refractivity contribution in [2.75, 3.05) is 5.32 Å². The van der Waals surface area contributed by atoms with E-state index in [1.54, 1.807) is 0 Å². The number of carbonyl (C=O) groups is 1. The highest BCUT2D eigenvalue weighted by Crippen LogP contribution is 2.53. The second kappa shape index (κ2) is 6.07. The van der Waals surface area contributed by atoms with E-state index in [4.69, 9.17) is 4.74 Å². The Bertz CT molecular complexity index is 698. The van der Waals surface area contributed by atoms with Crippen molar-refractivity contribution >= 4 is 11.8 Å². The molecular formula is C20H21NO2. The van der Waals surface area contributed by atoms with E-state index in [2.05, 4.69) is 11.4 Å². The van der Waals surface area contributed by atoms with Crippen LogP contribution in [0, 0.1) is 11.8 Å². The topological polar surface area (TPSA) is 38.3 Å². The molecule has 2 saturated carbocycles. The summed E-state index contributed by atoms with van der Waals surface area (Å²) in [5, 5.41) is 2.75. The van der Waals surface area contributed by atoms with E-state index in [-0.39, 0.29) is 0 Å². The van der Waals surface area contributed by atoms with E-state index < -0.39 is 6.09 Å². The third-order valence-corrected chi connectivity index (χ3v) is 5.26. The lowest BCUT2D eigenvalue weighted by Crippen LogP contribution is -2.17. The molecule has 0 aliphatic heterocycles. The van der Waals surface area contributed by atoms with Crippen molar-refractivity contribution < 1.29 is 9.53 Å². The quantitative estimate of drug-likeness (QED) is 0.846. The molecule has 1 amide bonds. The molecule has 2 fully saturated rings. The third-order valence-electron chi connectivity index (χ3n) is 5.26. The summed E-state index contributed by atoms with van der Waals surface area (Å²) in [6, 6.07) is 17.4. The first-order valence-electron chi connectivity index (χ1n) is 8.42. The molecule has 4 rings (SSSR count). The van der Waals surface area contributed by atoms with Gasteiger partial charge in [0.05, 0.1) is 0 Å². The molecule has 3 heteroatoms. The molecule has 0 spiro atoms. The molecule has 118 valence electrons. The van der Waals surface area contributed by atoms with Crippen LogP contribution in [-0.4, -0.2) is 6.09 Å². The maximum absolute atomic E-state index is 12.0. The zero-order valence-corrected chi connectivity index (χ0v) is 13.1. The average Bonchev–Trinajstić information content (AvgIpc) is 3.19. The number of anilines is 1. The van der Waals surface area contributed by atoms with Crippen LogP contribution in [0.25, 0.3) is 0 Å². The fourth-order valence-electron chi connectivity index (χ4n) is 4.23. The van der Waals surface area contributed by atoms with Gasteiger partial charge in [0, 0.05) is 5.69 Å². The number of rotatable bonds is 3. The number of fused-ring (bicyclic) bond motifs is 2. The number of carbonyl (C=O) groups excluding carboxylic acids is 1. The summed E-state index contributed by atoms with van der Waals surface area (Å²) in [5.41, 5.74) is 2.06. The van der Waals surface area contributed by atoms with E-state index >= 15 is 0 Å². The van der Waals surface area contributed by atoms with Crippen LogP contribution in [0.4, 0.5) is 10.5 Å². The van der Waals surface area contributed by atoms with Crippen LogP contribution in [0.2, 0.25) is 0 Å². The lowest BCUT2D eigenvalue weighted by molar-refractivity contribution is 0.215. The van der Waals surface area contributed by atoms with Crippen LogP contribution in [0.3, 0.4) is 0 Å². The zero-order chi connectivity index (χ0) is 15.6. The van der Waals surface area contributed by atoms with Gasteiger partial charge in [-0.15, -0.1) is 0 Å². The van der Waals surface area contributed by atoms with Crippen molar-refractivity contribution in [2.24, 2.45) is 11.8 Å². The first-order chi connectivity index (χ1) is 11.3. The van der Waals surface area contributed by atoms with Crippen molar-refractivity contribution in [1.29, 1.82) is 0 Å². The minimum atomic E-state index is -0.443. The van der Waals surface area contributed by atoms with Gasteiger partial charge in [-0.05, 0) is 66.8 Å². The summed E-state index contributed by atoms with van der Waals surface area (Å²) in [7, 11) is 0. The van der Waals surface area contributed by atoms with E-state index in [0.717, 1.165) is 17.5 Å². The molecule has 3 atom stereocenters. The van der Waals surface area contributed by atoms with E-state index in [1.807, 2.05) is 48.5 Å². The molecule has 2 aromatic rings. The summed E-state index contributed by atoms with van der Waals surface area (Å²) >= 11 is 0. The van der Waals surface area contributed by atoms with Crippen LogP contribution in [0.5, 0.6) is 5.75 Å². The Morgan fingerprint density at radius 2 is 1.87 bits per heavy atom. The molecule has 2 aromatic carbocycles. The smallest absolute Gasteiger partial charge is 0.410 e. The van der Waals surface area contributed by atoms with Gasteiger partial charge in [-0.25, -0.2) is 4.79 Å². The fraction of sp³-hybridized carbons (Fsp3) is 0.350. The van der Waals surface area contributed by atoms with Gasteiger partial charge in [-0.1, -0.05) is 36.8 Å². The molecule has 2 aliphatic carbocycles. The predicted molar refractivity (Wildman–Crippen MR) is 90.7 cm³/mol. The van der Waals surface area contributed by atoms with Gasteiger partial charge in [0.1, 0.15) is 5.75 Å². The lowest BCUT2D eigenvalue weighted by Gasteiger charge is -2.22. The fourth-order valence-corrected chi connectivity index (χ4v) is 4.23. The molecule has 0 radical (unpaired) electrons. The van der Waals surface area contributed by atoms with Gasteiger partial charge in [0.15, 0.2) is 0 Å². The number of amides is 1. The number of nitrogens with one attached hydrogen (secondary N) is 1. The highest BCUT2D eigenvalue weighted by atomic mass is 16.6. The first-order valence-corrected chi connectivity index (χ1v) is 8.42. The molecule has 0 unspecified atom stereocenters. The number of benzene rings is 2. The molecule has 3 nitrogen and oxygen atoms in total. The van der Waals surface area contributed by atoms with Crippen molar-refractivity contribution in [2.45, 2.75) is 31.6 Å². The molecule has 0 heterocycles. The van der Waals surface area contributed by atoms with Crippen LogP contribution in [-0.2, 0) is 0 Å². The van der Waals surface area contributed by atoms with Gasteiger partial charge in [0.25, 0.3) is 0 Å². The molecule has 0 aromatic heterocycles. The summed E-state index contributed by atoms with van der Waals surface area (Å²) in [5.74, 6) is 3.01. The Morgan fingerprint density at radius 3 is 2.61 bits per heavy atom. The van der Waals surface area contributed by atoms with E-state index in [9.17, 15) is 4.79 Å². The molecule has 1 N–H and O–H groups in total. The van der Waals surface area contributed by atoms with Gasteiger partial charge in [-0.2, -0.15) is 0 Å². The largest absolute Gasteiger partial charge is 0.417 e. The van der Waals surface area contributed by atoms with Gasteiger partial charge in [-0.3, -0.25) is 5.32 Å². The Hall–Kier alpha value is -2.29. The van der Waals surface area contributed by atoms with Crippen molar-refractivity contribution in [3.8, 4) is 5.75 Å². The normalized spacial score (nSPS) is 25.3.